The van der Waals surface area contributed by atoms with Crippen LogP contribution in [0.25, 0.3) is 0 Å². The van der Waals surface area contributed by atoms with Crippen LogP contribution in [0.4, 0.5) is 11.4 Å². The van der Waals surface area contributed by atoms with Crippen LogP contribution in [0.5, 0.6) is 0 Å². The Bertz CT molecular complexity index is 572. The van der Waals surface area contributed by atoms with Crippen molar-refractivity contribution in [1.82, 2.24) is 4.72 Å². The molecule has 0 aromatic heterocycles. The minimum atomic E-state index is -3.44. The summed E-state index contributed by atoms with van der Waals surface area (Å²) in [6.07, 6.45) is 4.88. The number of sulfonamides is 1. The number of rotatable bonds is 4. The van der Waals surface area contributed by atoms with Gasteiger partial charge >= 0.3 is 0 Å². The van der Waals surface area contributed by atoms with Crippen molar-refractivity contribution in [2.45, 2.75) is 43.5 Å². The van der Waals surface area contributed by atoms with Crippen LogP contribution in [0, 0.1) is 5.92 Å². The summed E-state index contributed by atoms with van der Waals surface area (Å²) in [5.74, 6) is 0.615. The highest BCUT2D eigenvalue weighted by Gasteiger charge is 2.22. The summed E-state index contributed by atoms with van der Waals surface area (Å²) in [4.78, 5) is 0.194. The standard InChI is InChI=1S/C14H23N3O2S/c1-10-5-3-4-6-13(10)17-14-8-7-11(9-12(14)15)20(18,19)16-2/h7-10,13,16-17H,3-6,15H2,1-2H3. The lowest BCUT2D eigenvalue weighted by molar-refractivity contribution is 0.349. The van der Waals surface area contributed by atoms with Crippen LogP contribution < -0.4 is 15.8 Å². The molecule has 2 unspecified atom stereocenters. The van der Waals surface area contributed by atoms with E-state index in [2.05, 4.69) is 17.0 Å². The number of anilines is 2. The minimum Gasteiger partial charge on any atom is -0.397 e. The Labute approximate surface area is 121 Å². The highest BCUT2D eigenvalue weighted by atomic mass is 32.2. The van der Waals surface area contributed by atoms with Gasteiger partial charge in [0.25, 0.3) is 0 Å². The molecule has 0 amide bonds. The van der Waals surface area contributed by atoms with Crippen molar-refractivity contribution in [2.24, 2.45) is 5.92 Å². The van der Waals surface area contributed by atoms with E-state index in [1.54, 1.807) is 12.1 Å². The Hall–Kier alpha value is -1.27. The molecule has 1 saturated carbocycles. The molecule has 1 aliphatic carbocycles. The molecule has 1 fully saturated rings. The first kappa shape index (κ1) is 15.1. The van der Waals surface area contributed by atoms with Gasteiger partial charge < -0.3 is 11.1 Å². The molecule has 2 rings (SSSR count). The summed E-state index contributed by atoms with van der Waals surface area (Å²) in [6.45, 7) is 2.24. The Balaban J connectivity index is 2.18. The lowest BCUT2D eigenvalue weighted by Crippen LogP contribution is -2.30. The monoisotopic (exact) mass is 297 g/mol. The van der Waals surface area contributed by atoms with E-state index in [1.807, 2.05) is 0 Å². The van der Waals surface area contributed by atoms with E-state index in [1.165, 1.54) is 32.4 Å². The fourth-order valence-electron chi connectivity index (χ4n) is 2.69. The van der Waals surface area contributed by atoms with Gasteiger partial charge in [-0.05, 0) is 44.0 Å². The lowest BCUT2D eigenvalue weighted by atomic mass is 9.86. The number of nitrogens with one attached hydrogen (secondary N) is 2. The first-order chi connectivity index (χ1) is 9.44. The highest BCUT2D eigenvalue weighted by molar-refractivity contribution is 7.89. The first-order valence-corrected chi connectivity index (χ1v) is 8.52. The van der Waals surface area contributed by atoms with Crippen LogP contribution >= 0.6 is 0 Å². The summed E-state index contributed by atoms with van der Waals surface area (Å²) in [5, 5.41) is 3.46. The fraction of sp³-hybridized carbons (Fsp3) is 0.571. The second-order valence-electron chi connectivity index (χ2n) is 5.47. The third-order valence-electron chi connectivity index (χ3n) is 4.05. The zero-order valence-corrected chi connectivity index (χ0v) is 12.8. The van der Waals surface area contributed by atoms with Gasteiger partial charge in [0, 0.05) is 6.04 Å². The summed E-state index contributed by atoms with van der Waals surface area (Å²) in [6, 6.07) is 5.25. The smallest absolute Gasteiger partial charge is 0.240 e. The van der Waals surface area contributed by atoms with Gasteiger partial charge in [0.05, 0.1) is 16.3 Å². The van der Waals surface area contributed by atoms with E-state index in [0.29, 0.717) is 17.6 Å². The molecule has 0 heterocycles. The molecule has 0 radical (unpaired) electrons. The predicted molar refractivity (Wildman–Crippen MR) is 82.1 cm³/mol. The summed E-state index contributed by atoms with van der Waals surface area (Å²) >= 11 is 0. The van der Waals surface area contributed by atoms with Crippen molar-refractivity contribution >= 4 is 21.4 Å². The topological polar surface area (TPSA) is 84.2 Å². The molecule has 0 saturated heterocycles. The minimum absolute atomic E-state index is 0.194. The van der Waals surface area contributed by atoms with Crippen LogP contribution in [-0.4, -0.2) is 21.5 Å². The number of nitrogens with two attached hydrogens (primary N) is 1. The Morgan fingerprint density at radius 1 is 1.25 bits per heavy atom. The van der Waals surface area contributed by atoms with Gasteiger partial charge in [-0.25, -0.2) is 13.1 Å². The molecule has 2 atom stereocenters. The number of hydrogen-bond acceptors (Lipinski definition) is 4. The maximum Gasteiger partial charge on any atom is 0.240 e. The van der Waals surface area contributed by atoms with Gasteiger partial charge in [-0.3, -0.25) is 0 Å². The van der Waals surface area contributed by atoms with Gasteiger partial charge in [0.2, 0.25) is 10.0 Å². The second-order valence-corrected chi connectivity index (χ2v) is 7.36. The molecule has 0 bridgehead atoms. The zero-order chi connectivity index (χ0) is 14.8. The van der Waals surface area contributed by atoms with Crippen molar-refractivity contribution in [3.8, 4) is 0 Å². The molecule has 4 N–H and O–H groups in total. The summed E-state index contributed by atoms with van der Waals surface area (Å²) in [5.41, 5.74) is 7.27. The number of nitrogen functional groups attached to an aromatic ring is 1. The van der Waals surface area contributed by atoms with Gasteiger partial charge in [-0.1, -0.05) is 19.8 Å². The summed E-state index contributed by atoms with van der Waals surface area (Å²) < 4.78 is 25.7. The molecule has 112 valence electrons. The first-order valence-electron chi connectivity index (χ1n) is 7.03. The molecule has 0 aliphatic heterocycles. The van der Waals surface area contributed by atoms with Crippen molar-refractivity contribution in [3.63, 3.8) is 0 Å². The van der Waals surface area contributed by atoms with E-state index in [9.17, 15) is 8.42 Å². The van der Waals surface area contributed by atoms with Gasteiger partial charge in [-0.15, -0.1) is 0 Å². The largest absolute Gasteiger partial charge is 0.397 e. The third-order valence-corrected chi connectivity index (χ3v) is 5.47. The van der Waals surface area contributed by atoms with Crippen molar-refractivity contribution < 1.29 is 8.42 Å². The van der Waals surface area contributed by atoms with E-state index in [-0.39, 0.29) is 4.90 Å². The predicted octanol–water partition coefficient (Wildman–Crippen LogP) is 2.17. The number of hydrogen-bond donors (Lipinski definition) is 3. The van der Waals surface area contributed by atoms with Crippen molar-refractivity contribution in [3.05, 3.63) is 18.2 Å². The highest BCUT2D eigenvalue weighted by Crippen LogP contribution is 2.29. The van der Waals surface area contributed by atoms with E-state index < -0.39 is 10.0 Å². The maximum absolute atomic E-state index is 11.7. The number of benzene rings is 1. The maximum atomic E-state index is 11.7. The Kier molecular flexibility index (Phi) is 4.55. The molecule has 1 aromatic carbocycles. The van der Waals surface area contributed by atoms with E-state index in [4.69, 9.17) is 5.73 Å². The van der Waals surface area contributed by atoms with E-state index >= 15 is 0 Å². The Morgan fingerprint density at radius 3 is 2.55 bits per heavy atom. The van der Waals surface area contributed by atoms with Crippen molar-refractivity contribution in [1.29, 1.82) is 0 Å². The van der Waals surface area contributed by atoms with Crippen LogP contribution in [0.15, 0.2) is 23.1 Å². The molecular formula is C14H23N3O2S. The molecule has 20 heavy (non-hydrogen) atoms. The van der Waals surface area contributed by atoms with Crippen LogP contribution in [0.3, 0.4) is 0 Å². The normalized spacial score (nSPS) is 23.5. The summed E-state index contributed by atoms with van der Waals surface area (Å²) in [7, 11) is -2.05. The van der Waals surface area contributed by atoms with Crippen LogP contribution in [-0.2, 0) is 10.0 Å². The van der Waals surface area contributed by atoms with Gasteiger partial charge in [0.15, 0.2) is 0 Å². The Morgan fingerprint density at radius 2 is 1.95 bits per heavy atom. The molecule has 6 heteroatoms. The average Bonchev–Trinajstić information content (AvgIpc) is 2.43. The average molecular weight is 297 g/mol. The third kappa shape index (κ3) is 3.24. The van der Waals surface area contributed by atoms with Gasteiger partial charge in [0.1, 0.15) is 0 Å². The molecule has 5 nitrogen and oxygen atoms in total. The molecule has 1 aliphatic rings. The van der Waals surface area contributed by atoms with E-state index in [0.717, 1.165) is 12.1 Å². The van der Waals surface area contributed by atoms with Crippen LogP contribution in [0.2, 0.25) is 0 Å². The van der Waals surface area contributed by atoms with Crippen molar-refractivity contribution in [2.75, 3.05) is 18.1 Å². The molecular weight excluding hydrogens is 274 g/mol. The fourth-order valence-corrected chi connectivity index (χ4v) is 3.45. The second kappa shape index (κ2) is 6.01. The quantitative estimate of drug-likeness (QED) is 0.744. The SMILES string of the molecule is CNS(=O)(=O)c1ccc(NC2CCCCC2C)c(N)c1. The van der Waals surface area contributed by atoms with Crippen LogP contribution in [0.1, 0.15) is 32.6 Å². The molecule has 0 spiro atoms. The van der Waals surface area contributed by atoms with Gasteiger partial charge in [-0.2, -0.15) is 0 Å². The molecule has 1 aromatic rings. The lowest BCUT2D eigenvalue weighted by Gasteiger charge is -2.30. The zero-order valence-electron chi connectivity index (χ0n) is 12.0.